The highest BCUT2D eigenvalue weighted by atomic mass is 35.5. The average Bonchev–Trinajstić information content (AvgIpc) is 2.64. The van der Waals surface area contributed by atoms with E-state index >= 15 is 0 Å². The minimum absolute atomic E-state index is 0.553. The summed E-state index contributed by atoms with van der Waals surface area (Å²) >= 11 is 5.80. The molecule has 0 spiro atoms. The number of rotatable bonds is 2. The van der Waals surface area contributed by atoms with Crippen LogP contribution in [0.4, 0.5) is 0 Å². The zero-order valence-corrected chi connectivity index (χ0v) is 8.90. The molecule has 1 aromatic heterocycles. The predicted molar refractivity (Wildman–Crippen MR) is 59.0 cm³/mol. The highest BCUT2D eigenvalue weighted by molar-refractivity contribution is 6.31. The molecule has 1 heterocycles. The van der Waals surface area contributed by atoms with Crippen molar-refractivity contribution in [1.82, 2.24) is 9.55 Å². The number of aryl methyl sites for hydroxylation is 1. The van der Waals surface area contributed by atoms with E-state index in [0.29, 0.717) is 10.6 Å². The third kappa shape index (κ3) is 1.92. The standard InChI is InChI=1S/C11H9ClN2O/c1-14-5-11(13-7-14)10-3-2-9(12)4-8(10)6-15/h2-7H,1H3. The molecule has 4 heteroatoms. The van der Waals surface area contributed by atoms with Crippen molar-refractivity contribution >= 4 is 17.9 Å². The fourth-order valence-corrected chi connectivity index (χ4v) is 1.60. The minimum atomic E-state index is 0.553. The van der Waals surface area contributed by atoms with E-state index < -0.39 is 0 Å². The van der Waals surface area contributed by atoms with Crippen LogP contribution in [0, 0.1) is 0 Å². The summed E-state index contributed by atoms with van der Waals surface area (Å²) < 4.78 is 1.83. The van der Waals surface area contributed by atoms with Crippen molar-refractivity contribution < 1.29 is 4.79 Å². The van der Waals surface area contributed by atoms with E-state index in [-0.39, 0.29) is 0 Å². The predicted octanol–water partition coefficient (Wildman–Crippen LogP) is 2.55. The van der Waals surface area contributed by atoms with Gasteiger partial charge in [0.05, 0.1) is 12.0 Å². The van der Waals surface area contributed by atoms with Crippen LogP contribution in [0.25, 0.3) is 11.3 Å². The van der Waals surface area contributed by atoms with Crippen LogP contribution in [0.3, 0.4) is 0 Å². The van der Waals surface area contributed by atoms with E-state index in [0.717, 1.165) is 17.5 Å². The van der Waals surface area contributed by atoms with Crippen molar-refractivity contribution in [2.24, 2.45) is 7.05 Å². The Bertz CT molecular complexity index is 505. The lowest BCUT2D eigenvalue weighted by Crippen LogP contribution is -1.87. The number of carbonyl (C=O) groups is 1. The number of hydrogen-bond donors (Lipinski definition) is 0. The normalized spacial score (nSPS) is 10.3. The Morgan fingerprint density at radius 1 is 1.47 bits per heavy atom. The quantitative estimate of drug-likeness (QED) is 0.729. The summed E-state index contributed by atoms with van der Waals surface area (Å²) in [6.07, 6.45) is 4.34. The summed E-state index contributed by atoms with van der Waals surface area (Å²) in [7, 11) is 1.88. The highest BCUT2D eigenvalue weighted by Gasteiger charge is 2.07. The summed E-state index contributed by atoms with van der Waals surface area (Å²) in [5, 5.41) is 0.553. The van der Waals surface area contributed by atoms with E-state index in [4.69, 9.17) is 11.6 Å². The molecule has 0 aliphatic rings. The van der Waals surface area contributed by atoms with Gasteiger partial charge in [0.1, 0.15) is 0 Å². The zero-order valence-electron chi connectivity index (χ0n) is 8.14. The maximum absolute atomic E-state index is 10.9. The van der Waals surface area contributed by atoms with Gasteiger partial charge in [-0.3, -0.25) is 4.79 Å². The van der Waals surface area contributed by atoms with Crippen molar-refractivity contribution in [1.29, 1.82) is 0 Å². The molecule has 15 heavy (non-hydrogen) atoms. The first-order chi connectivity index (χ1) is 7.20. The maximum atomic E-state index is 10.9. The monoisotopic (exact) mass is 220 g/mol. The first-order valence-corrected chi connectivity index (χ1v) is 4.81. The first-order valence-electron chi connectivity index (χ1n) is 4.44. The number of hydrogen-bond acceptors (Lipinski definition) is 2. The molecule has 0 aliphatic carbocycles. The van der Waals surface area contributed by atoms with Crippen LogP contribution in [0.5, 0.6) is 0 Å². The minimum Gasteiger partial charge on any atom is -0.340 e. The summed E-state index contributed by atoms with van der Waals surface area (Å²) in [4.78, 5) is 15.1. The van der Waals surface area contributed by atoms with Crippen LogP contribution in [0.1, 0.15) is 10.4 Å². The molecular formula is C11H9ClN2O. The molecule has 0 N–H and O–H groups in total. The molecule has 0 radical (unpaired) electrons. The lowest BCUT2D eigenvalue weighted by Gasteiger charge is -2.01. The molecule has 0 unspecified atom stereocenters. The molecule has 0 bridgehead atoms. The van der Waals surface area contributed by atoms with Gasteiger partial charge in [0.25, 0.3) is 0 Å². The maximum Gasteiger partial charge on any atom is 0.150 e. The summed E-state index contributed by atoms with van der Waals surface area (Å²) in [5.74, 6) is 0. The summed E-state index contributed by atoms with van der Waals surface area (Å²) in [5.41, 5.74) is 2.13. The Labute approximate surface area is 92.3 Å². The molecule has 1 aromatic carbocycles. The number of carbonyl (C=O) groups excluding carboxylic acids is 1. The molecule has 2 rings (SSSR count). The van der Waals surface area contributed by atoms with E-state index in [2.05, 4.69) is 4.98 Å². The number of halogens is 1. The van der Waals surface area contributed by atoms with E-state index in [9.17, 15) is 4.79 Å². The van der Waals surface area contributed by atoms with E-state index in [1.807, 2.05) is 17.8 Å². The number of aldehydes is 1. The zero-order chi connectivity index (χ0) is 10.8. The van der Waals surface area contributed by atoms with Gasteiger partial charge >= 0.3 is 0 Å². The van der Waals surface area contributed by atoms with Crippen LogP contribution >= 0.6 is 11.6 Å². The largest absolute Gasteiger partial charge is 0.340 e. The van der Waals surface area contributed by atoms with Crippen molar-refractivity contribution in [3.63, 3.8) is 0 Å². The van der Waals surface area contributed by atoms with Gasteiger partial charge in [0.15, 0.2) is 6.29 Å². The Kier molecular flexibility index (Phi) is 2.56. The van der Waals surface area contributed by atoms with Gasteiger partial charge in [-0.15, -0.1) is 0 Å². The average molecular weight is 221 g/mol. The second-order valence-corrected chi connectivity index (χ2v) is 3.71. The Morgan fingerprint density at radius 2 is 2.27 bits per heavy atom. The van der Waals surface area contributed by atoms with Crippen LogP contribution in [0.15, 0.2) is 30.7 Å². The Balaban J connectivity index is 2.57. The second-order valence-electron chi connectivity index (χ2n) is 3.27. The molecule has 76 valence electrons. The van der Waals surface area contributed by atoms with Crippen molar-refractivity contribution in [2.75, 3.05) is 0 Å². The molecule has 3 nitrogen and oxygen atoms in total. The van der Waals surface area contributed by atoms with Crippen molar-refractivity contribution in [3.05, 3.63) is 41.3 Å². The molecule has 0 aliphatic heterocycles. The van der Waals surface area contributed by atoms with E-state index in [1.165, 1.54) is 0 Å². The topological polar surface area (TPSA) is 34.9 Å². The third-order valence-electron chi connectivity index (χ3n) is 2.12. The van der Waals surface area contributed by atoms with Gasteiger partial charge < -0.3 is 4.57 Å². The van der Waals surface area contributed by atoms with Gasteiger partial charge in [-0.1, -0.05) is 17.7 Å². The number of benzene rings is 1. The van der Waals surface area contributed by atoms with Crippen LogP contribution in [-0.2, 0) is 7.05 Å². The molecular weight excluding hydrogens is 212 g/mol. The highest BCUT2D eigenvalue weighted by Crippen LogP contribution is 2.23. The smallest absolute Gasteiger partial charge is 0.150 e. The summed E-state index contributed by atoms with van der Waals surface area (Å²) in [6.45, 7) is 0. The van der Waals surface area contributed by atoms with Gasteiger partial charge in [0, 0.05) is 29.4 Å². The summed E-state index contributed by atoms with van der Waals surface area (Å²) in [6, 6.07) is 5.19. The SMILES string of the molecule is Cn1cnc(-c2ccc(Cl)cc2C=O)c1. The number of aromatic nitrogens is 2. The molecule has 0 fully saturated rings. The van der Waals surface area contributed by atoms with Crippen molar-refractivity contribution in [3.8, 4) is 11.3 Å². The third-order valence-corrected chi connectivity index (χ3v) is 2.36. The first kappa shape index (κ1) is 9.93. The number of imidazole rings is 1. The van der Waals surface area contributed by atoms with Gasteiger partial charge in [0.2, 0.25) is 0 Å². The molecule has 0 saturated carbocycles. The number of nitrogens with zero attached hydrogens (tertiary/aromatic N) is 2. The molecule has 2 aromatic rings. The molecule has 0 saturated heterocycles. The Morgan fingerprint density at radius 3 is 2.87 bits per heavy atom. The van der Waals surface area contributed by atoms with Gasteiger partial charge in [-0.05, 0) is 12.1 Å². The van der Waals surface area contributed by atoms with Crippen LogP contribution in [-0.4, -0.2) is 15.8 Å². The fourth-order valence-electron chi connectivity index (χ4n) is 1.42. The second kappa shape index (κ2) is 3.87. The van der Waals surface area contributed by atoms with Gasteiger partial charge in [-0.2, -0.15) is 0 Å². The fraction of sp³-hybridized carbons (Fsp3) is 0.0909. The van der Waals surface area contributed by atoms with Crippen LogP contribution in [0.2, 0.25) is 5.02 Å². The Hall–Kier alpha value is -1.61. The van der Waals surface area contributed by atoms with Crippen LogP contribution < -0.4 is 0 Å². The van der Waals surface area contributed by atoms with Crippen molar-refractivity contribution in [2.45, 2.75) is 0 Å². The van der Waals surface area contributed by atoms with E-state index in [1.54, 1.807) is 24.5 Å². The molecule has 0 amide bonds. The van der Waals surface area contributed by atoms with Gasteiger partial charge in [-0.25, -0.2) is 4.98 Å². The molecule has 0 atom stereocenters. The lowest BCUT2D eigenvalue weighted by molar-refractivity contribution is 0.112. The lowest BCUT2D eigenvalue weighted by atomic mass is 10.1.